The van der Waals surface area contributed by atoms with Gasteiger partial charge in [-0.05, 0) is 55.3 Å². The molecule has 6 nitrogen and oxygen atoms in total. The number of amides is 2. The van der Waals surface area contributed by atoms with E-state index in [9.17, 15) is 9.59 Å². The summed E-state index contributed by atoms with van der Waals surface area (Å²) in [5.74, 6) is 0.148. The molecule has 2 amide bonds. The molecule has 0 bridgehead atoms. The summed E-state index contributed by atoms with van der Waals surface area (Å²) < 4.78 is 10.4. The number of carbonyl (C=O) groups is 2. The van der Waals surface area contributed by atoms with Crippen molar-refractivity contribution < 1.29 is 19.1 Å². The highest BCUT2D eigenvalue weighted by molar-refractivity contribution is 5.97. The van der Waals surface area contributed by atoms with E-state index in [1.165, 1.54) is 0 Å². The Morgan fingerprint density at radius 3 is 2.46 bits per heavy atom. The first-order valence-electron chi connectivity index (χ1n) is 8.36. The third kappa shape index (κ3) is 6.22. The number of hydrogen-bond acceptors (Lipinski definition) is 4. The molecular formula is C20H24N2O4. The van der Waals surface area contributed by atoms with E-state index in [-0.39, 0.29) is 18.4 Å². The average molecular weight is 356 g/mol. The Hall–Kier alpha value is -2.86. The maximum atomic E-state index is 12.1. The quantitative estimate of drug-likeness (QED) is 0.713. The van der Waals surface area contributed by atoms with E-state index in [1.54, 1.807) is 31.4 Å². The number of methoxy groups -OCH3 is 1. The molecule has 0 radical (unpaired) electrons. The molecule has 0 aromatic heterocycles. The Morgan fingerprint density at radius 2 is 1.77 bits per heavy atom. The van der Waals surface area contributed by atoms with Gasteiger partial charge in [-0.3, -0.25) is 9.59 Å². The van der Waals surface area contributed by atoms with Crippen LogP contribution in [0.3, 0.4) is 0 Å². The van der Waals surface area contributed by atoms with Crippen molar-refractivity contribution in [3.05, 3.63) is 59.2 Å². The molecule has 0 saturated carbocycles. The van der Waals surface area contributed by atoms with Crippen LogP contribution in [0, 0.1) is 13.8 Å². The first-order valence-corrected chi connectivity index (χ1v) is 8.36. The lowest BCUT2D eigenvalue weighted by Gasteiger charge is -2.10. The zero-order valence-corrected chi connectivity index (χ0v) is 15.3. The van der Waals surface area contributed by atoms with Crippen molar-refractivity contribution in [2.24, 2.45) is 0 Å². The summed E-state index contributed by atoms with van der Waals surface area (Å²) in [4.78, 5) is 24.1. The SMILES string of the molecule is COCCNC(=O)c1cccc(NC(=O)COc2cc(C)cc(C)c2)c1. The molecule has 6 heteroatoms. The molecule has 2 aromatic rings. The van der Waals surface area contributed by atoms with Gasteiger partial charge in [0.15, 0.2) is 6.61 Å². The largest absolute Gasteiger partial charge is 0.484 e. The maximum Gasteiger partial charge on any atom is 0.262 e. The predicted molar refractivity (Wildman–Crippen MR) is 101 cm³/mol. The van der Waals surface area contributed by atoms with Crippen LogP contribution in [0.2, 0.25) is 0 Å². The summed E-state index contributed by atoms with van der Waals surface area (Å²) in [7, 11) is 1.57. The zero-order valence-electron chi connectivity index (χ0n) is 15.3. The fourth-order valence-electron chi connectivity index (χ4n) is 2.47. The minimum absolute atomic E-state index is 0.104. The van der Waals surface area contributed by atoms with Crippen molar-refractivity contribution in [3.8, 4) is 5.75 Å². The van der Waals surface area contributed by atoms with Gasteiger partial charge in [-0.1, -0.05) is 12.1 Å². The molecule has 0 aliphatic heterocycles. The van der Waals surface area contributed by atoms with Crippen LogP contribution >= 0.6 is 0 Å². The van der Waals surface area contributed by atoms with E-state index in [1.807, 2.05) is 32.0 Å². The van der Waals surface area contributed by atoms with Crippen LogP contribution in [0.1, 0.15) is 21.5 Å². The topological polar surface area (TPSA) is 76.7 Å². The van der Waals surface area contributed by atoms with E-state index >= 15 is 0 Å². The van der Waals surface area contributed by atoms with Gasteiger partial charge in [0.05, 0.1) is 6.61 Å². The summed E-state index contributed by atoms with van der Waals surface area (Å²) in [5.41, 5.74) is 3.16. The summed E-state index contributed by atoms with van der Waals surface area (Å²) in [5, 5.41) is 5.47. The molecule has 2 N–H and O–H groups in total. The van der Waals surface area contributed by atoms with Gasteiger partial charge in [0.25, 0.3) is 11.8 Å². The van der Waals surface area contributed by atoms with E-state index in [0.717, 1.165) is 11.1 Å². The fraction of sp³-hybridized carbons (Fsp3) is 0.300. The van der Waals surface area contributed by atoms with Crippen LogP contribution in [0.25, 0.3) is 0 Å². The molecule has 0 spiro atoms. The summed E-state index contributed by atoms with van der Waals surface area (Å²) >= 11 is 0. The number of anilines is 1. The molecule has 0 saturated heterocycles. The third-order valence-electron chi connectivity index (χ3n) is 3.57. The lowest BCUT2D eigenvalue weighted by Crippen LogP contribution is -2.27. The first-order chi connectivity index (χ1) is 12.5. The second-order valence-corrected chi connectivity index (χ2v) is 5.99. The van der Waals surface area contributed by atoms with Gasteiger partial charge < -0.3 is 20.1 Å². The Balaban J connectivity index is 1.90. The summed E-state index contributed by atoms with van der Waals surface area (Å²) in [6.45, 7) is 4.72. The van der Waals surface area contributed by atoms with Gasteiger partial charge in [0, 0.05) is 24.9 Å². The molecule has 2 rings (SSSR count). The van der Waals surface area contributed by atoms with Gasteiger partial charge in [0.2, 0.25) is 0 Å². The lowest BCUT2D eigenvalue weighted by molar-refractivity contribution is -0.118. The number of rotatable bonds is 8. The van der Waals surface area contributed by atoms with Crippen LogP contribution in [0.15, 0.2) is 42.5 Å². The van der Waals surface area contributed by atoms with Crippen molar-refractivity contribution in [1.82, 2.24) is 5.32 Å². The third-order valence-corrected chi connectivity index (χ3v) is 3.57. The molecule has 0 fully saturated rings. The normalized spacial score (nSPS) is 10.3. The molecular weight excluding hydrogens is 332 g/mol. The van der Waals surface area contributed by atoms with Crippen LogP contribution < -0.4 is 15.4 Å². The lowest BCUT2D eigenvalue weighted by atomic mass is 10.1. The highest BCUT2D eigenvalue weighted by atomic mass is 16.5. The average Bonchev–Trinajstić information content (AvgIpc) is 2.59. The Morgan fingerprint density at radius 1 is 1.04 bits per heavy atom. The van der Waals surface area contributed by atoms with Crippen molar-refractivity contribution >= 4 is 17.5 Å². The van der Waals surface area contributed by atoms with Crippen molar-refractivity contribution in [3.63, 3.8) is 0 Å². The number of carbonyl (C=O) groups excluding carboxylic acids is 2. The molecule has 2 aromatic carbocycles. The van der Waals surface area contributed by atoms with Crippen molar-refractivity contribution in [2.45, 2.75) is 13.8 Å². The first kappa shape index (κ1) is 19.5. The predicted octanol–water partition coefficient (Wildman–Crippen LogP) is 2.70. The zero-order chi connectivity index (χ0) is 18.9. The van der Waals surface area contributed by atoms with Crippen LogP contribution in [0.4, 0.5) is 5.69 Å². The second kappa shape index (κ2) is 9.58. The van der Waals surface area contributed by atoms with Gasteiger partial charge in [0.1, 0.15) is 5.75 Å². The van der Waals surface area contributed by atoms with E-state index < -0.39 is 0 Å². The number of aryl methyl sites for hydroxylation is 2. The van der Waals surface area contributed by atoms with E-state index in [4.69, 9.17) is 9.47 Å². The number of benzene rings is 2. The second-order valence-electron chi connectivity index (χ2n) is 5.99. The fourth-order valence-corrected chi connectivity index (χ4v) is 2.47. The van der Waals surface area contributed by atoms with Gasteiger partial charge in [-0.25, -0.2) is 0 Å². The molecule has 0 aliphatic rings. The minimum atomic E-state index is -0.291. The van der Waals surface area contributed by atoms with Gasteiger partial charge >= 0.3 is 0 Å². The highest BCUT2D eigenvalue weighted by Gasteiger charge is 2.08. The van der Waals surface area contributed by atoms with E-state index in [0.29, 0.717) is 30.2 Å². The Bertz CT molecular complexity index is 754. The molecule has 0 aliphatic carbocycles. The van der Waals surface area contributed by atoms with Crippen LogP contribution in [-0.4, -0.2) is 38.7 Å². The molecule has 138 valence electrons. The number of nitrogens with one attached hydrogen (secondary N) is 2. The molecule has 0 unspecified atom stereocenters. The standard InChI is InChI=1S/C20H24N2O4/c1-14-9-15(2)11-18(10-14)26-13-19(23)22-17-6-4-5-16(12-17)20(24)21-7-8-25-3/h4-6,9-12H,7-8,13H2,1-3H3,(H,21,24)(H,22,23). The number of hydrogen-bond donors (Lipinski definition) is 2. The monoisotopic (exact) mass is 356 g/mol. The van der Waals surface area contributed by atoms with Gasteiger partial charge in [-0.15, -0.1) is 0 Å². The molecule has 26 heavy (non-hydrogen) atoms. The van der Waals surface area contributed by atoms with Gasteiger partial charge in [-0.2, -0.15) is 0 Å². The maximum absolute atomic E-state index is 12.1. The number of ether oxygens (including phenoxy) is 2. The minimum Gasteiger partial charge on any atom is -0.484 e. The summed E-state index contributed by atoms with van der Waals surface area (Å²) in [6, 6.07) is 12.5. The molecule has 0 atom stereocenters. The summed E-state index contributed by atoms with van der Waals surface area (Å²) in [6.07, 6.45) is 0. The van der Waals surface area contributed by atoms with E-state index in [2.05, 4.69) is 10.6 Å². The smallest absolute Gasteiger partial charge is 0.262 e. The Labute approximate surface area is 153 Å². The van der Waals surface area contributed by atoms with Crippen molar-refractivity contribution in [2.75, 3.05) is 32.2 Å². The highest BCUT2D eigenvalue weighted by Crippen LogP contribution is 2.16. The van der Waals surface area contributed by atoms with Crippen LogP contribution in [-0.2, 0) is 9.53 Å². The van der Waals surface area contributed by atoms with Crippen LogP contribution in [0.5, 0.6) is 5.75 Å². The molecule has 0 heterocycles. The Kier molecular flexibility index (Phi) is 7.17. The van der Waals surface area contributed by atoms with Crippen molar-refractivity contribution in [1.29, 1.82) is 0 Å².